The summed E-state index contributed by atoms with van der Waals surface area (Å²) in [5.74, 6) is -0.166. The van der Waals surface area contributed by atoms with Gasteiger partial charge in [0.2, 0.25) is 0 Å². The van der Waals surface area contributed by atoms with Gasteiger partial charge in [-0.1, -0.05) is 18.2 Å². The maximum atomic E-state index is 12.4. The lowest BCUT2D eigenvalue weighted by atomic mass is 10.0. The van der Waals surface area contributed by atoms with Crippen LogP contribution in [-0.4, -0.2) is 50.8 Å². The predicted octanol–water partition coefficient (Wildman–Crippen LogP) is 1.45. The van der Waals surface area contributed by atoms with Gasteiger partial charge in [-0.05, 0) is 36.7 Å². The highest BCUT2D eigenvalue weighted by Crippen LogP contribution is 2.18. The SMILES string of the molecule is O=C(NC1CCNCC1O)c1ccc(-c2ccc(Cn3ccnc3)cn2)cc1. The third-order valence-electron chi connectivity index (χ3n) is 4.96. The van der Waals surface area contributed by atoms with E-state index in [1.807, 2.05) is 41.2 Å². The summed E-state index contributed by atoms with van der Waals surface area (Å²) in [4.78, 5) is 21.0. The second-order valence-corrected chi connectivity index (χ2v) is 7.00. The van der Waals surface area contributed by atoms with Gasteiger partial charge < -0.3 is 20.3 Å². The quantitative estimate of drug-likeness (QED) is 0.626. The summed E-state index contributed by atoms with van der Waals surface area (Å²) < 4.78 is 1.99. The molecule has 1 amide bonds. The Morgan fingerprint density at radius 3 is 2.79 bits per heavy atom. The molecule has 144 valence electrons. The zero-order valence-electron chi connectivity index (χ0n) is 15.5. The van der Waals surface area contributed by atoms with Crippen molar-refractivity contribution in [3.8, 4) is 11.3 Å². The first-order chi connectivity index (χ1) is 13.7. The van der Waals surface area contributed by atoms with E-state index in [1.54, 1.807) is 24.7 Å². The van der Waals surface area contributed by atoms with Gasteiger partial charge in [0.25, 0.3) is 5.91 Å². The smallest absolute Gasteiger partial charge is 0.251 e. The van der Waals surface area contributed by atoms with Crippen LogP contribution in [0.5, 0.6) is 0 Å². The van der Waals surface area contributed by atoms with E-state index in [-0.39, 0.29) is 11.9 Å². The maximum Gasteiger partial charge on any atom is 0.251 e. The first-order valence-corrected chi connectivity index (χ1v) is 9.40. The fourth-order valence-electron chi connectivity index (χ4n) is 3.33. The molecule has 0 spiro atoms. The van der Waals surface area contributed by atoms with Gasteiger partial charge in [-0.25, -0.2) is 4.98 Å². The van der Waals surface area contributed by atoms with E-state index in [0.717, 1.165) is 36.3 Å². The number of nitrogens with one attached hydrogen (secondary N) is 2. The highest BCUT2D eigenvalue weighted by atomic mass is 16.3. The fourth-order valence-corrected chi connectivity index (χ4v) is 3.33. The number of imidazole rings is 1. The lowest BCUT2D eigenvalue weighted by Gasteiger charge is -2.29. The van der Waals surface area contributed by atoms with Crippen LogP contribution in [0.1, 0.15) is 22.3 Å². The molecule has 1 saturated heterocycles. The number of β-amino-alcohol motifs (C(OH)–C–C–N with tert-alkyl or cyclic N) is 1. The van der Waals surface area contributed by atoms with Crippen LogP contribution < -0.4 is 10.6 Å². The van der Waals surface area contributed by atoms with E-state index in [9.17, 15) is 9.90 Å². The molecule has 3 N–H and O–H groups in total. The van der Waals surface area contributed by atoms with Crippen molar-refractivity contribution in [3.05, 3.63) is 72.4 Å². The van der Waals surface area contributed by atoms with Crippen molar-refractivity contribution in [3.63, 3.8) is 0 Å². The predicted molar refractivity (Wildman–Crippen MR) is 106 cm³/mol. The van der Waals surface area contributed by atoms with Crippen LogP contribution in [-0.2, 0) is 6.54 Å². The lowest BCUT2D eigenvalue weighted by molar-refractivity contribution is 0.0765. The summed E-state index contributed by atoms with van der Waals surface area (Å²) in [7, 11) is 0. The highest BCUT2D eigenvalue weighted by Gasteiger charge is 2.24. The molecule has 1 fully saturated rings. The summed E-state index contributed by atoms with van der Waals surface area (Å²) in [6.45, 7) is 2.03. The van der Waals surface area contributed by atoms with Crippen LogP contribution >= 0.6 is 0 Å². The number of pyridine rings is 1. The number of carbonyl (C=O) groups is 1. The second kappa shape index (κ2) is 8.33. The molecule has 2 atom stereocenters. The Bertz CT molecular complexity index is 907. The van der Waals surface area contributed by atoms with Gasteiger partial charge in [0, 0.05) is 42.8 Å². The van der Waals surface area contributed by atoms with Crippen molar-refractivity contribution in [2.45, 2.75) is 25.1 Å². The minimum absolute atomic E-state index is 0.166. The molecule has 0 radical (unpaired) electrons. The molecule has 1 aromatic carbocycles. The van der Waals surface area contributed by atoms with Crippen LogP contribution in [0.15, 0.2) is 61.3 Å². The molecular formula is C21H23N5O2. The van der Waals surface area contributed by atoms with Crippen LogP contribution in [0.25, 0.3) is 11.3 Å². The van der Waals surface area contributed by atoms with Crippen LogP contribution in [0, 0.1) is 0 Å². The Morgan fingerprint density at radius 2 is 2.11 bits per heavy atom. The number of aromatic nitrogens is 3. The molecule has 1 aliphatic rings. The number of nitrogens with zero attached hydrogens (tertiary/aromatic N) is 3. The topological polar surface area (TPSA) is 92.1 Å². The van der Waals surface area contributed by atoms with Crippen molar-refractivity contribution in [2.24, 2.45) is 0 Å². The Balaban J connectivity index is 1.40. The third kappa shape index (κ3) is 4.27. The van der Waals surface area contributed by atoms with Gasteiger partial charge in [0.15, 0.2) is 0 Å². The molecule has 2 aromatic heterocycles. The molecule has 3 heterocycles. The maximum absolute atomic E-state index is 12.4. The molecule has 2 unspecified atom stereocenters. The molecule has 0 bridgehead atoms. The van der Waals surface area contributed by atoms with E-state index >= 15 is 0 Å². The molecule has 7 nitrogen and oxygen atoms in total. The average Bonchev–Trinajstić information content (AvgIpc) is 3.23. The summed E-state index contributed by atoms with van der Waals surface area (Å²) in [5, 5.41) is 16.0. The van der Waals surface area contributed by atoms with Crippen molar-refractivity contribution >= 4 is 5.91 Å². The molecular weight excluding hydrogens is 354 g/mol. The molecule has 3 aromatic rings. The molecule has 7 heteroatoms. The van der Waals surface area contributed by atoms with Crippen molar-refractivity contribution in [1.82, 2.24) is 25.2 Å². The number of carbonyl (C=O) groups excluding carboxylic acids is 1. The number of piperidine rings is 1. The number of amides is 1. The molecule has 4 rings (SSSR count). The van der Waals surface area contributed by atoms with Gasteiger partial charge in [-0.15, -0.1) is 0 Å². The normalized spacial score (nSPS) is 19.3. The minimum atomic E-state index is -0.554. The number of hydrogen-bond acceptors (Lipinski definition) is 5. The van der Waals surface area contributed by atoms with Crippen molar-refractivity contribution in [2.75, 3.05) is 13.1 Å². The minimum Gasteiger partial charge on any atom is -0.390 e. The van der Waals surface area contributed by atoms with Gasteiger partial charge in [-0.2, -0.15) is 0 Å². The largest absolute Gasteiger partial charge is 0.390 e. The molecule has 28 heavy (non-hydrogen) atoms. The van der Waals surface area contributed by atoms with Crippen molar-refractivity contribution in [1.29, 1.82) is 0 Å². The van der Waals surface area contributed by atoms with Gasteiger partial charge >= 0.3 is 0 Å². The molecule has 0 aliphatic carbocycles. The summed E-state index contributed by atoms with van der Waals surface area (Å²) in [5.41, 5.74) is 3.48. The Morgan fingerprint density at radius 1 is 1.25 bits per heavy atom. The fraction of sp³-hybridized carbons (Fsp3) is 0.286. The summed E-state index contributed by atoms with van der Waals surface area (Å²) >= 11 is 0. The lowest BCUT2D eigenvalue weighted by Crippen LogP contribution is -2.52. The highest BCUT2D eigenvalue weighted by molar-refractivity contribution is 5.94. The standard InChI is InChI=1S/C21H23N5O2/c27-20-12-22-8-7-19(20)25-21(28)17-4-2-16(3-5-17)18-6-1-15(11-24-18)13-26-10-9-23-14-26/h1-6,9-11,14,19-20,22,27H,7-8,12-13H2,(H,25,28). The third-order valence-corrected chi connectivity index (χ3v) is 4.96. The van der Waals surface area contributed by atoms with Crippen LogP contribution in [0.3, 0.4) is 0 Å². The van der Waals surface area contributed by atoms with E-state index < -0.39 is 6.10 Å². The number of aliphatic hydroxyl groups excluding tert-OH is 1. The van der Waals surface area contributed by atoms with E-state index in [1.165, 1.54) is 0 Å². The number of hydrogen-bond donors (Lipinski definition) is 3. The number of benzene rings is 1. The van der Waals surface area contributed by atoms with Crippen molar-refractivity contribution < 1.29 is 9.90 Å². The van der Waals surface area contributed by atoms with Gasteiger partial charge in [0.05, 0.1) is 24.2 Å². The summed E-state index contributed by atoms with van der Waals surface area (Å²) in [6.07, 6.45) is 7.48. The molecule has 1 aliphatic heterocycles. The van der Waals surface area contributed by atoms with E-state index in [2.05, 4.69) is 20.6 Å². The van der Waals surface area contributed by atoms with Crippen LogP contribution in [0.4, 0.5) is 0 Å². The zero-order valence-corrected chi connectivity index (χ0v) is 15.5. The average molecular weight is 377 g/mol. The Kier molecular flexibility index (Phi) is 5.45. The first kappa shape index (κ1) is 18.3. The van der Waals surface area contributed by atoms with Gasteiger partial charge in [0.1, 0.15) is 0 Å². The number of rotatable bonds is 5. The van der Waals surface area contributed by atoms with E-state index in [4.69, 9.17) is 0 Å². The Hall–Kier alpha value is -3.03. The second-order valence-electron chi connectivity index (χ2n) is 7.00. The molecule has 0 saturated carbocycles. The Labute approximate surface area is 163 Å². The monoisotopic (exact) mass is 377 g/mol. The zero-order chi connectivity index (χ0) is 19.3. The first-order valence-electron chi connectivity index (χ1n) is 9.40. The summed E-state index contributed by atoms with van der Waals surface area (Å²) in [6, 6.07) is 11.2. The van der Waals surface area contributed by atoms with Crippen LogP contribution in [0.2, 0.25) is 0 Å². The number of aliphatic hydroxyl groups is 1. The van der Waals surface area contributed by atoms with Gasteiger partial charge in [-0.3, -0.25) is 9.78 Å². The van der Waals surface area contributed by atoms with E-state index in [0.29, 0.717) is 12.1 Å².